The third-order valence-electron chi connectivity index (χ3n) is 5.10. The maximum absolute atomic E-state index is 13.8. The first-order chi connectivity index (χ1) is 16.7. The molecule has 0 amide bonds. The van der Waals surface area contributed by atoms with Crippen LogP contribution >= 0.6 is 11.8 Å². The molecule has 9 heteroatoms. The SMILES string of the molecule is CS(=O)(=O)Oc1ccc(OCCc2ccc(CC(SCCc3ccccc3F)C(=O)O)cc2)cc1. The Hall–Kier alpha value is -3.04. The quantitative estimate of drug-likeness (QED) is 0.326. The molecular weight excluding hydrogens is 491 g/mol. The van der Waals surface area contributed by atoms with Gasteiger partial charge in [0.2, 0.25) is 0 Å². The van der Waals surface area contributed by atoms with Crippen LogP contribution < -0.4 is 8.92 Å². The Morgan fingerprint density at radius 1 is 0.943 bits per heavy atom. The summed E-state index contributed by atoms with van der Waals surface area (Å²) in [4.78, 5) is 11.7. The zero-order chi connectivity index (χ0) is 25.3. The minimum Gasteiger partial charge on any atom is -0.493 e. The maximum atomic E-state index is 13.8. The summed E-state index contributed by atoms with van der Waals surface area (Å²) < 4.78 is 46.5. The molecule has 0 aliphatic rings. The van der Waals surface area contributed by atoms with Crippen LogP contribution in [0.5, 0.6) is 11.5 Å². The normalized spacial score (nSPS) is 12.2. The number of carbonyl (C=O) groups is 1. The largest absolute Gasteiger partial charge is 0.493 e. The predicted molar refractivity (Wildman–Crippen MR) is 135 cm³/mol. The van der Waals surface area contributed by atoms with E-state index in [2.05, 4.69) is 0 Å². The van der Waals surface area contributed by atoms with Gasteiger partial charge in [-0.25, -0.2) is 4.39 Å². The average molecular weight is 519 g/mol. The van der Waals surface area contributed by atoms with Crippen LogP contribution in [0.25, 0.3) is 0 Å². The minimum atomic E-state index is -3.57. The molecule has 1 unspecified atom stereocenters. The molecule has 0 aromatic heterocycles. The van der Waals surface area contributed by atoms with E-state index in [0.717, 1.165) is 17.4 Å². The Kier molecular flexibility index (Phi) is 9.56. The third kappa shape index (κ3) is 9.26. The van der Waals surface area contributed by atoms with Gasteiger partial charge in [-0.3, -0.25) is 4.79 Å². The highest BCUT2D eigenvalue weighted by atomic mass is 32.2. The molecule has 0 spiro atoms. The first kappa shape index (κ1) is 26.6. The highest BCUT2D eigenvalue weighted by Gasteiger charge is 2.18. The molecule has 0 aliphatic heterocycles. The second-order valence-electron chi connectivity index (χ2n) is 7.92. The van der Waals surface area contributed by atoms with E-state index in [1.165, 1.54) is 30.0 Å². The second-order valence-corrected chi connectivity index (χ2v) is 10.8. The standard InChI is InChI=1S/C26H27FO6S2/c1-35(30,31)33-23-12-10-22(11-13-23)32-16-14-19-6-8-20(9-7-19)18-25(26(28)29)34-17-15-21-4-2-3-5-24(21)27/h2-13,25H,14-18H2,1H3,(H,28,29). The van der Waals surface area contributed by atoms with E-state index in [1.807, 2.05) is 24.3 Å². The fraction of sp³-hybridized carbons (Fsp3) is 0.269. The van der Waals surface area contributed by atoms with Gasteiger partial charge in [0.1, 0.15) is 22.6 Å². The number of halogens is 1. The monoisotopic (exact) mass is 518 g/mol. The third-order valence-corrected chi connectivity index (χ3v) is 6.80. The van der Waals surface area contributed by atoms with Gasteiger partial charge in [0.15, 0.2) is 0 Å². The number of hydrogen-bond acceptors (Lipinski definition) is 6. The molecule has 1 atom stereocenters. The number of rotatable bonds is 13. The smallest absolute Gasteiger partial charge is 0.316 e. The van der Waals surface area contributed by atoms with Gasteiger partial charge >= 0.3 is 16.1 Å². The van der Waals surface area contributed by atoms with Crippen molar-refractivity contribution in [1.29, 1.82) is 0 Å². The van der Waals surface area contributed by atoms with E-state index in [1.54, 1.807) is 30.3 Å². The van der Waals surface area contributed by atoms with Crippen LogP contribution in [0.4, 0.5) is 4.39 Å². The molecule has 6 nitrogen and oxygen atoms in total. The van der Waals surface area contributed by atoms with Crippen molar-refractivity contribution >= 4 is 27.8 Å². The number of carboxylic acid groups (broad SMARTS) is 1. The lowest BCUT2D eigenvalue weighted by molar-refractivity contribution is -0.136. The summed E-state index contributed by atoms with van der Waals surface area (Å²) in [6.07, 6.45) is 2.50. The fourth-order valence-electron chi connectivity index (χ4n) is 3.34. The maximum Gasteiger partial charge on any atom is 0.316 e. The molecule has 0 heterocycles. The molecule has 0 saturated carbocycles. The number of carboxylic acids is 1. The molecule has 186 valence electrons. The van der Waals surface area contributed by atoms with Crippen LogP contribution in [0.3, 0.4) is 0 Å². The van der Waals surface area contributed by atoms with Crippen molar-refractivity contribution in [2.45, 2.75) is 24.5 Å². The molecule has 0 saturated heterocycles. The highest BCUT2D eigenvalue weighted by molar-refractivity contribution is 8.00. The lowest BCUT2D eigenvalue weighted by Gasteiger charge is -2.13. The Morgan fingerprint density at radius 2 is 1.57 bits per heavy atom. The van der Waals surface area contributed by atoms with Gasteiger partial charge < -0.3 is 14.0 Å². The van der Waals surface area contributed by atoms with Crippen LogP contribution in [0.2, 0.25) is 0 Å². The van der Waals surface area contributed by atoms with E-state index in [4.69, 9.17) is 8.92 Å². The molecule has 3 aromatic rings. The molecule has 1 N–H and O–H groups in total. The Balaban J connectivity index is 1.45. The number of ether oxygens (including phenoxy) is 1. The Morgan fingerprint density at radius 3 is 2.20 bits per heavy atom. The van der Waals surface area contributed by atoms with Crippen molar-refractivity contribution in [2.24, 2.45) is 0 Å². The number of hydrogen-bond donors (Lipinski definition) is 1. The van der Waals surface area contributed by atoms with Crippen molar-refractivity contribution < 1.29 is 31.6 Å². The number of aliphatic carboxylic acids is 1. The molecule has 0 fully saturated rings. The van der Waals surface area contributed by atoms with Crippen molar-refractivity contribution in [1.82, 2.24) is 0 Å². The summed E-state index contributed by atoms with van der Waals surface area (Å²) in [7, 11) is -3.57. The van der Waals surface area contributed by atoms with Crippen molar-refractivity contribution in [3.05, 3.63) is 95.3 Å². The zero-order valence-electron chi connectivity index (χ0n) is 19.2. The van der Waals surface area contributed by atoms with Crippen LogP contribution in [-0.4, -0.2) is 43.4 Å². The lowest BCUT2D eigenvalue weighted by Crippen LogP contribution is -2.20. The topological polar surface area (TPSA) is 89.9 Å². The highest BCUT2D eigenvalue weighted by Crippen LogP contribution is 2.21. The summed E-state index contributed by atoms with van der Waals surface area (Å²) in [5, 5.41) is 8.98. The van der Waals surface area contributed by atoms with Gasteiger partial charge in [-0.05, 0) is 65.6 Å². The summed E-state index contributed by atoms with van der Waals surface area (Å²) >= 11 is 1.32. The molecule has 0 radical (unpaired) electrons. The summed E-state index contributed by atoms with van der Waals surface area (Å²) in [5.41, 5.74) is 2.56. The Labute approximate surface area is 209 Å². The number of benzene rings is 3. The van der Waals surface area contributed by atoms with E-state index >= 15 is 0 Å². The lowest BCUT2D eigenvalue weighted by atomic mass is 10.1. The fourth-order valence-corrected chi connectivity index (χ4v) is 4.87. The van der Waals surface area contributed by atoms with E-state index < -0.39 is 21.3 Å². The zero-order valence-corrected chi connectivity index (χ0v) is 20.9. The first-order valence-corrected chi connectivity index (χ1v) is 13.8. The molecule has 3 rings (SSSR count). The molecule has 0 bridgehead atoms. The molecule has 3 aromatic carbocycles. The van der Waals surface area contributed by atoms with Crippen LogP contribution in [-0.2, 0) is 34.2 Å². The van der Waals surface area contributed by atoms with Gasteiger partial charge in [0.25, 0.3) is 0 Å². The van der Waals surface area contributed by atoms with Gasteiger partial charge in [-0.1, -0.05) is 42.5 Å². The van der Waals surface area contributed by atoms with E-state index in [-0.39, 0.29) is 11.6 Å². The summed E-state index contributed by atoms with van der Waals surface area (Å²) in [6, 6.07) is 20.6. The molecule has 0 aliphatic carbocycles. The average Bonchev–Trinajstić information content (AvgIpc) is 2.81. The first-order valence-electron chi connectivity index (χ1n) is 11.0. The van der Waals surface area contributed by atoms with Crippen molar-refractivity contribution in [3.8, 4) is 11.5 Å². The summed E-state index contributed by atoms with van der Waals surface area (Å²) in [5.74, 6) is 0.195. The minimum absolute atomic E-state index is 0.223. The number of thioether (sulfide) groups is 1. The number of aryl methyl sites for hydroxylation is 1. The van der Waals surface area contributed by atoms with Gasteiger partial charge in [0, 0.05) is 6.42 Å². The van der Waals surface area contributed by atoms with Crippen molar-refractivity contribution in [3.63, 3.8) is 0 Å². The molecular formula is C26H27FO6S2. The van der Waals surface area contributed by atoms with Crippen LogP contribution in [0.1, 0.15) is 16.7 Å². The van der Waals surface area contributed by atoms with E-state index in [9.17, 15) is 22.7 Å². The van der Waals surface area contributed by atoms with Crippen molar-refractivity contribution in [2.75, 3.05) is 18.6 Å². The second kappa shape index (κ2) is 12.6. The van der Waals surface area contributed by atoms with Gasteiger partial charge in [-0.15, -0.1) is 11.8 Å². The van der Waals surface area contributed by atoms with E-state index in [0.29, 0.717) is 42.9 Å². The molecule has 35 heavy (non-hydrogen) atoms. The van der Waals surface area contributed by atoms with Crippen LogP contribution in [0, 0.1) is 5.82 Å². The Bertz CT molecular complexity index is 1210. The van der Waals surface area contributed by atoms with Crippen LogP contribution in [0.15, 0.2) is 72.8 Å². The summed E-state index contributed by atoms with van der Waals surface area (Å²) in [6.45, 7) is 0.426. The van der Waals surface area contributed by atoms with Gasteiger partial charge in [0.05, 0.1) is 12.9 Å². The predicted octanol–water partition coefficient (Wildman–Crippen LogP) is 4.76. The van der Waals surface area contributed by atoms with Gasteiger partial charge in [-0.2, -0.15) is 8.42 Å².